The summed E-state index contributed by atoms with van der Waals surface area (Å²) in [6.45, 7) is 1.02. The summed E-state index contributed by atoms with van der Waals surface area (Å²) in [7, 11) is 0. The van der Waals surface area contributed by atoms with Crippen molar-refractivity contribution in [2.75, 3.05) is 25.1 Å². The van der Waals surface area contributed by atoms with Gasteiger partial charge in [-0.2, -0.15) is 23.3 Å². The fourth-order valence-electron chi connectivity index (χ4n) is 4.62. The first-order valence-electron chi connectivity index (χ1n) is 11.8. The van der Waals surface area contributed by atoms with Crippen molar-refractivity contribution in [2.45, 2.75) is 37.9 Å². The summed E-state index contributed by atoms with van der Waals surface area (Å²) in [6, 6.07) is 3.82. The molecule has 1 saturated carbocycles. The summed E-state index contributed by atoms with van der Waals surface area (Å²) in [6.07, 6.45) is 4.23. The number of H-pyrrole nitrogens is 1. The van der Waals surface area contributed by atoms with Gasteiger partial charge in [0.25, 0.3) is 5.91 Å². The van der Waals surface area contributed by atoms with Gasteiger partial charge in [0.1, 0.15) is 5.65 Å². The van der Waals surface area contributed by atoms with Gasteiger partial charge in [-0.3, -0.25) is 4.79 Å². The minimum absolute atomic E-state index is 0.0730. The zero-order valence-corrected chi connectivity index (χ0v) is 19.2. The maximum atomic E-state index is 13.2. The maximum Gasteiger partial charge on any atom is 0.396 e. The van der Waals surface area contributed by atoms with E-state index in [0.29, 0.717) is 29.9 Å². The van der Waals surface area contributed by atoms with Crippen LogP contribution in [0.5, 0.6) is 0 Å². The number of rotatable bonds is 6. The van der Waals surface area contributed by atoms with E-state index in [1.165, 1.54) is 0 Å². The van der Waals surface area contributed by atoms with Gasteiger partial charge in [-0.15, -0.1) is 0 Å². The fourth-order valence-corrected chi connectivity index (χ4v) is 4.62. The third-order valence-corrected chi connectivity index (χ3v) is 7.11. The summed E-state index contributed by atoms with van der Waals surface area (Å²) < 4.78 is 46.6. The fraction of sp³-hybridized carbons (Fsp3) is 0.417. The van der Waals surface area contributed by atoms with E-state index < -0.39 is 11.6 Å². The highest BCUT2D eigenvalue weighted by Gasteiger charge is 2.62. The number of aromatic amines is 1. The van der Waals surface area contributed by atoms with Crippen LogP contribution in [0.2, 0.25) is 0 Å². The van der Waals surface area contributed by atoms with E-state index in [1.807, 2.05) is 12.1 Å². The third kappa shape index (κ3) is 4.04. The monoisotopic (exact) mass is 499 g/mol. The van der Waals surface area contributed by atoms with Crippen molar-refractivity contribution in [1.82, 2.24) is 29.9 Å². The molecule has 1 aliphatic carbocycles. The lowest BCUT2D eigenvalue weighted by Gasteiger charge is -2.22. The van der Waals surface area contributed by atoms with Crippen molar-refractivity contribution in [1.29, 1.82) is 0 Å². The number of hydrogen-bond acceptors (Lipinski definition) is 6. The Morgan fingerprint density at radius 1 is 1.25 bits per heavy atom. The van der Waals surface area contributed by atoms with Crippen LogP contribution in [0.4, 0.5) is 19.1 Å². The van der Waals surface area contributed by atoms with Crippen molar-refractivity contribution in [3.8, 4) is 11.1 Å². The number of fused-ring (bicyclic) bond motifs is 2. The minimum atomic E-state index is -4.24. The molecule has 0 unspecified atom stereocenters. The molecular formula is C24H24F3N7O2. The van der Waals surface area contributed by atoms with Crippen LogP contribution in [0.15, 0.2) is 36.9 Å². The maximum absolute atomic E-state index is 13.2. The van der Waals surface area contributed by atoms with Gasteiger partial charge in [-0.25, -0.2) is 9.50 Å². The highest BCUT2D eigenvalue weighted by Crippen LogP contribution is 2.57. The molecular weight excluding hydrogens is 475 g/mol. The molecule has 4 aromatic heterocycles. The highest BCUT2D eigenvalue weighted by molar-refractivity contribution is 6.02. The number of alkyl halides is 3. The average Bonchev–Trinajstić information content (AvgIpc) is 3.38. The number of aromatic nitrogens is 5. The molecule has 0 aromatic carbocycles. The number of nitrogens with zero attached hydrogens (tertiary/aromatic N) is 4. The number of anilines is 1. The zero-order chi connectivity index (χ0) is 24.9. The Balaban J connectivity index is 1.24. The van der Waals surface area contributed by atoms with E-state index in [4.69, 9.17) is 4.74 Å². The first kappa shape index (κ1) is 22.8. The second kappa shape index (κ2) is 8.47. The lowest BCUT2D eigenvalue weighted by atomic mass is 10.1. The Hall–Kier alpha value is -3.67. The number of amides is 1. The number of ether oxygens (including phenoxy) is 1. The van der Waals surface area contributed by atoms with E-state index in [-0.39, 0.29) is 37.3 Å². The van der Waals surface area contributed by atoms with E-state index in [2.05, 4.69) is 30.7 Å². The molecule has 36 heavy (non-hydrogen) atoms. The Morgan fingerprint density at radius 2 is 2.06 bits per heavy atom. The van der Waals surface area contributed by atoms with Crippen LogP contribution in [0.1, 0.15) is 36.0 Å². The molecule has 9 nitrogen and oxygen atoms in total. The Bertz CT molecular complexity index is 1430. The third-order valence-electron chi connectivity index (χ3n) is 7.11. The van der Waals surface area contributed by atoms with Gasteiger partial charge < -0.3 is 20.4 Å². The predicted molar refractivity (Wildman–Crippen MR) is 126 cm³/mol. The number of nitrogens with one attached hydrogen (secondary N) is 3. The topological polar surface area (TPSA) is 109 Å². The molecule has 6 rings (SSSR count). The van der Waals surface area contributed by atoms with Crippen molar-refractivity contribution < 1.29 is 22.7 Å². The Morgan fingerprint density at radius 3 is 2.81 bits per heavy atom. The molecule has 0 radical (unpaired) electrons. The molecule has 2 aliphatic rings. The largest absolute Gasteiger partial charge is 0.396 e. The summed E-state index contributed by atoms with van der Waals surface area (Å²) in [4.78, 5) is 24.6. The SMILES string of the molecule is O=C(NC1CCOCC1)c1cnn2ccc(-c3c[nH]c4nc(NCC5(C(F)(F)F)CC5)ncc34)cc12. The smallest absolute Gasteiger partial charge is 0.381 e. The lowest BCUT2D eigenvalue weighted by molar-refractivity contribution is -0.182. The van der Waals surface area contributed by atoms with E-state index in [9.17, 15) is 18.0 Å². The standard InChI is InChI=1S/C24H24F3N7O2/c25-24(26,27)23(4-5-23)13-30-22-29-11-17-16(10-28-20(17)33-22)14-1-6-34-19(9-14)18(12-31-34)21(35)32-15-2-7-36-8-3-15/h1,6,9-12,15H,2-5,7-8,13H2,(H,32,35)(H2,28,29,30,33). The predicted octanol–water partition coefficient (Wildman–Crippen LogP) is 3.94. The molecule has 0 spiro atoms. The zero-order valence-electron chi connectivity index (χ0n) is 19.2. The first-order chi connectivity index (χ1) is 17.3. The number of carbonyl (C=O) groups excluding carboxylic acids is 1. The summed E-state index contributed by atoms with van der Waals surface area (Å²) in [5, 5.41) is 10.8. The van der Waals surface area contributed by atoms with Crippen LogP contribution in [0, 0.1) is 5.41 Å². The van der Waals surface area contributed by atoms with Crippen molar-refractivity contribution in [3.63, 3.8) is 0 Å². The quantitative estimate of drug-likeness (QED) is 0.371. The summed E-state index contributed by atoms with van der Waals surface area (Å²) >= 11 is 0. The molecule has 1 aliphatic heterocycles. The van der Waals surface area contributed by atoms with Crippen LogP contribution in [0.3, 0.4) is 0 Å². The van der Waals surface area contributed by atoms with Crippen molar-refractivity contribution in [2.24, 2.45) is 5.41 Å². The number of pyridine rings is 1. The van der Waals surface area contributed by atoms with Gasteiger partial charge >= 0.3 is 6.18 Å². The van der Waals surface area contributed by atoms with Crippen molar-refractivity contribution >= 4 is 28.4 Å². The second-order valence-electron chi connectivity index (χ2n) is 9.45. The van der Waals surface area contributed by atoms with Crippen molar-refractivity contribution in [3.05, 3.63) is 42.5 Å². The Kier molecular flexibility index (Phi) is 5.36. The summed E-state index contributed by atoms with van der Waals surface area (Å²) in [5.41, 5.74) is 1.60. The first-order valence-corrected chi connectivity index (χ1v) is 11.8. The van der Waals surface area contributed by atoms with Crippen LogP contribution in [-0.2, 0) is 4.74 Å². The average molecular weight is 499 g/mol. The molecule has 5 heterocycles. The lowest BCUT2D eigenvalue weighted by Crippen LogP contribution is -2.38. The van der Waals surface area contributed by atoms with Gasteiger partial charge in [-0.05, 0) is 43.4 Å². The number of carbonyl (C=O) groups is 1. The van der Waals surface area contributed by atoms with E-state index in [0.717, 1.165) is 29.4 Å². The molecule has 188 valence electrons. The van der Waals surface area contributed by atoms with E-state index in [1.54, 1.807) is 29.3 Å². The van der Waals surface area contributed by atoms with Gasteiger partial charge in [0, 0.05) is 55.3 Å². The molecule has 2 fully saturated rings. The summed E-state index contributed by atoms with van der Waals surface area (Å²) in [5.74, 6) is -0.0379. The molecule has 1 amide bonds. The van der Waals surface area contributed by atoms with Crippen LogP contribution in [0.25, 0.3) is 27.7 Å². The Labute approximate surface area is 203 Å². The number of hydrogen-bond donors (Lipinski definition) is 3. The van der Waals surface area contributed by atoms with Crippen LogP contribution in [-0.4, -0.2) is 62.4 Å². The van der Waals surface area contributed by atoms with Crippen LogP contribution < -0.4 is 10.6 Å². The molecule has 4 aromatic rings. The normalized spacial score (nSPS) is 18.0. The molecule has 12 heteroatoms. The molecule has 1 saturated heterocycles. The molecule has 0 atom stereocenters. The molecule has 0 bridgehead atoms. The number of halogens is 3. The second-order valence-corrected chi connectivity index (χ2v) is 9.45. The molecule has 3 N–H and O–H groups in total. The van der Waals surface area contributed by atoms with Gasteiger partial charge in [0.2, 0.25) is 5.95 Å². The van der Waals surface area contributed by atoms with Gasteiger partial charge in [-0.1, -0.05) is 0 Å². The van der Waals surface area contributed by atoms with Crippen LogP contribution >= 0.6 is 0 Å². The van der Waals surface area contributed by atoms with E-state index >= 15 is 0 Å². The minimum Gasteiger partial charge on any atom is -0.381 e. The van der Waals surface area contributed by atoms with Gasteiger partial charge in [0.15, 0.2) is 0 Å². The highest BCUT2D eigenvalue weighted by atomic mass is 19.4. The van der Waals surface area contributed by atoms with Gasteiger partial charge in [0.05, 0.1) is 22.7 Å².